The molecule has 2 amide bonds. The molecule has 0 unspecified atom stereocenters. The summed E-state index contributed by atoms with van der Waals surface area (Å²) in [4.78, 5) is 29.2. The van der Waals surface area contributed by atoms with E-state index in [4.69, 9.17) is 5.73 Å². The largest absolute Gasteiger partial charge is 0.364 e. The topological polar surface area (TPSA) is 126 Å². The second kappa shape index (κ2) is 7.69. The van der Waals surface area contributed by atoms with Crippen LogP contribution < -0.4 is 16.4 Å². The van der Waals surface area contributed by atoms with Gasteiger partial charge in [0.25, 0.3) is 11.8 Å². The molecule has 8 nitrogen and oxygen atoms in total. The number of rotatable bonds is 5. The van der Waals surface area contributed by atoms with Crippen molar-refractivity contribution >= 4 is 39.0 Å². The third-order valence-electron chi connectivity index (χ3n) is 5.12. The van der Waals surface area contributed by atoms with E-state index in [1.807, 2.05) is 48.5 Å². The van der Waals surface area contributed by atoms with Crippen LogP contribution in [0.25, 0.3) is 11.3 Å². The summed E-state index contributed by atoms with van der Waals surface area (Å²) in [6.45, 7) is 0. The standard InChI is InChI=1S/C22H18N6O2S/c23-19(29)18-21(31-22(25-18)24-13-7-2-1-3-8-13)26-20(30)17-15-11-10-12-6-4-5-9-14(12)16(15)27-28-17/h1-9H,10-11H2,(H2,23,29)(H,24,25)(H,26,30)(H,27,28). The van der Waals surface area contributed by atoms with Gasteiger partial charge in [0.1, 0.15) is 10.7 Å². The average Bonchev–Trinajstić information content (AvgIpc) is 3.39. The highest BCUT2D eigenvalue weighted by molar-refractivity contribution is 7.20. The number of primary amides is 1. The van der Waals surface area contributed by atoms with Crippen LogP contribution in [0.5, 0.6) is 0 Å². The fraction of sp³-hybridized carbons (Fsp3) is 0.0909. The van der Waals surface area contributed by atoms with Crippen molar-refractivity contribution in [1.29, 1.82) is 0 Å². The maximum absolute atomic E-state index is 13.0. The third-order valence-corrected chi connectivity index (χ3v) is 6.01. The fourth-order valence-electron chi connectivity index (χ4n) is 3.68. The number of amides is 2. The number of H-pyrrole nitrogens is 1. The number of nitrogens with two attached hydrogens (primary N) is 1. The molecule has 0 radical (unpaired) electrons. The number of benzene rings is 2. The minimum Gasteiger partial charge on any atom is -0.364 e. The predicted octanol–water partition coefficient (Wildman–Crippen LogP) is 3.73. The summed E-state index contributed by atoms with van der Waals surface area (Å²) >= 11 is 1.14. The number of aryl methyl sites for hydroxylation is 1. The smallest absolute Gasteiger partial charge is 0.274 e. The molecule has 0 spiro atoms. The highest BCUT2D eigenvalue weighted by Gasteiger charge is 2.26. The number of nitrogens with zero attached hydrogens (tertiary/aromatic N) is 2. The molecule has 5 N–H and O–H groups in total. The Kier molecular flexibility index (Phi) is 4.72. The van der Waals surface area contributed by atoms with Gasteiger partial charge in [0.05, 0.1) is 5.69 Å². The van der Waals surface area contributed by atoms with E-state index in [1.54, 1.807) is 0 Å². The summed E-state index contributed by atoms with van der Waals surface area (Å²) in [5.74, 6) is -1.10. The number of aromatic nitrogens is 3. The lowest BCUT2D eigenvalue weighted by Gasteiger charge is -2.15. The van der Waals surface area contributed by atoms with Gasteiger partial charge in [-0.1, -0.05) is 53.8 Å². The summed E-state index contributed by atoms with van der Waals surface area (Å²) in [5.41, 5.74) is 10.6. The van der Waals surface area contributed by atoms with Crippen molar-refractivity contribution in [2.45, 2.75) is 12.8 Å². The Morgan fingerprint density at radius 2 is 1.81 bits per heavy atom. The van der Waals surface area contributed by atoms with Crippen LogP contribution in [-0.4, -0.2) is 27.0 Å². The van der Waals surface area contributed by atoms with Crippen molar-refractivity contribution in [3.8, 4) is 11.3 Å². The van der Waals surface area contributed by atoms with Gasteiger partial charge in [-0.3, -0.25) is 14.7 Å². The summed E-state index contributed by atoms with van der Waals surface area (Å²) < 4.78 is 0. The summed E-state index contributed by atoms with van der Waals surface area (Å²) in [7, 11) is 0. The molecule has 2 heterocycles. The molecule has 31 heavy (non-hydrogen) atoms. The van der Waals surface area contributed by atoms with Gasteiger partial charge < -0.3 is 16.4 Å². The van der Waals surface area contributed by atoms with Gasteiger partial charge >= 0.3 is 0 Å². The second-order valence-corrected chi connectivity index (χ2v) is 8.09. The highest BCUT2D eigenvalue weighted by Crippen LogP contribution is 2.35. The van der Waals surface area contributed by atoms with Crippen molar-refractivity contribution in [2.24, 2.45) is 5.73 Å². The van der Waals surface area contributed by atoms with Crippen LogP contribution in [0.15, 0.2) is 54.6 Å². The first-order valence-corrected chi connectivity index (χ1v) is 10.5. The predicted molar refractivity (Wildman–Crippen MR) is 120 cm³/mol. The van der Waals surface area contributed by atoms with E-state index >= 15 is 0 Å². The number of aromatic amines is 1. The zero-order valence-electron chi connectivity index (χ0n) is 16.3. The molecule has 0 aliphatic heterocycles. The van der Waals surface area contributed by atoms with Crippen molar-refractivity contribution in [3.05, 3.63) is 77.1 Å². The Labute approximate surface area is 181 Å². The molecular weight excluding hydrogens is 412 g/mol. The van der Waals surface area contributed by atoms with Crippen LogP contribution in [0.1, 0.15) is 32.1 Å². The van der Waals surface area contributed by atoms with Crippen LogP contribution in [0.4, 0.5) is 15.8 Å². The number of carbonyl (C=O) groups is 2. The fourth-order valence-corrected chi connectivity index (χ4v) is 4.57. The van der Waals surface area contributed by atoms with Gasteiger partial charge in [-0.25, -0.2) is 4.98 Å². The van der Waals surface area contributed by atoms with Crippen LogP contribution in [-0.2, 0) is 12.8 Å². The summed E-state index contributed by atoms with van der Waals surface area (Å²) in [5, 5.41) is 13.9. The van der Waals surface area contributed by atoms with Crippen molar-refractivity contribution < 1.29 is 9.59 Å². The van der Waals surface area contributed by atoms with Gasteiger partial charge in [-0.15, -0.1) is 0 Å². The number of para-hydroxylation sites is 1. The number of hydrogen-bond acceptors (Lipinski definition) is 6. The Bertz CT molecular complexity index is 1290. The van der Waals surface area contributed by atoms with Crippen LogP contribution in [0.2, 0.25) is 0 Å². The molecule has 0 saturated carbocycles. The Balaban J connectivity index is 1.43. The second-order valence-electron chi connectivity index (χ2n) is 7.09. The van der Waals surface area contributed by atoms with E-state index in [1.165, 1.54) is 5.56 Å². The minimum atomic E-state index is -0.715. The highest BCUT2D eigenvalue weighted by atomic mass is 32.1. The van der Waals surface area contributed by atoms with Crippen LogP contribution in [0.3, 0.4) is 0 Å². The van der Waals surface area contributed by atoms with E-state index < -0.39 is 5.91 Å². The van der Waals surface area contributed by atoms with Gasteiger partial charge in [0.2, 0.25) is 0 Å². The number of anilines is 3. The maximum atomic E-state index is 13.0. The molecule has 1 aliphatic rings. The van der Waals surface area contributed by atoms with Crippen LogP contribution in [0, 0.1) is 0 Å². The number of thiazole rings is 1. The number of hydrogen-bond donors (Lipinski definition) is 4. The van der Waals surface area contributed by atoms with Crippen molar-refractivity contribution in [1.82, 2.24) is 15.2 Å². The number of fused-ring (bicyclic) bond motifs is 3. The molecule has 1 aliphatic carbocycles. The number of carbonyl (C=O) groups excluding carboxylic acids is 2. The first-order valence-electron chi connectivity index (χ1n) is 9.69. The Hall–Kier alpha value is -3.98. The minimum absolute atomic E-state index is 0.00973. The van der Waals surface area contributed by atoms with E-state index in [0.717, 1.165) is 40.3 Å². The molecule has 9 heteroatoms. The lowest BCUT2D eigenvalue weighted by atomic mass is 9.89. The molecule has 2 aromatic carbocycles. The number of nitrogens with one attached hydrogen (secondary N) is 3. The molecule has 2 aromatic heterocycles. The lowest BCUT2D eigenvalue weighted by Crippen LogP contribution is -2.19. The molecule has 0 fully saturated rings. The SMILES string of the molecule is NC(=O)c1nc(Nc2ccccc2)sc1NC(=O)c1[nH]nc2c1CCc1ccccc1-2. The van der Waals surface area contributed by atoms with Crippen molar-refractivity contribution in [3.63, 3.8) is 0 Å². The molecule has 4 aromatic rings. The Morgan fingerprint density at radius 3 is 2.61 bits per heavy atom. The molecule has 5 rings (SSSR count). The first kappa shape index (κ1) is 19.0. The van der Waals surface area contributed by atoms with E-state index in [-0.39, 0.29) is 16.6 Å². The van der Waals surface area contributed by atoms with Gasteiger partial charge in [0.15, 0.2) is 10.8 Å². The Morgan fingerprint density at radius 1 is 1.03 bits per heavy atom. The zero-order valence-corrected chi connectivity index (χ0v) is 17.1. The molecule has 0 bridgehead atoms. The summed E-state index contributed by atoms with van der Waals surface area (Å²) in [6, 6.07) is 17.4. The van der Waals surface area contributed by atoms with E-state index in [9.17, 15) is 9.59 Å². The van der Waals surface area contributed by atoms with Gasteiger partial charge in [-0.2, -0.15) is 5.10 Å². The maximum Gasteiger partial charge on any atom is 0.274 e. The molecule has 0 saturated heterocycles. The van der Waals surface area contributed by atoms with Crippen molar-refractivity contribution in [2.75, 3.05) is 10.6 Å². The third kappa shape index (κ3) is 3.55. The molecular formula is C22H18N6O2S. The summed E-state index contributed by atoms with van der Waals surface area (Å²) in [6.07, 6.45) is 1.54. The van der Waals surface area contributed by atoms with E-state index in [2.05, 4.69) is 31.9 Å². The normalized spacial score (nSPS) is 12.0. The van der Waals surface area contributed by atoms with Crippen LogP contribution >= 0.6 is 11.3 Å². The average molecular weight is 430 g/mol. The van der Waals surface area contributed by atoms with E-state index in [0.29, 0.717) is 17.2 Å². The zero-order chi connectivity index (χ0) is 21.4. The lowest BCUT2D eigenvalue weighted by molar-refractivity contribution is 0.0997. The van der Waals surface area contributed by atoms with Gasteiger partial charge in [-0.05, 0) is 30.5 Å². The first-order chi connectivity index (χ1) is 15.1. The molecule has 0 atom stereocenters. The quantitative estimate of drug-likeness (QED) is 0.384. The molecule has 154 valence electrons. The monoisotopic (exact) mass is 430 g/mol. The van der Waals surface area contributed by atoms with Gasteiger partial charge in [0, 0.05) is 16.8 Å².